The van der Waals surface area contributed by atoms with Crippen molar-refractivity contribution in [1.29, 1.82) is 0 Å². The minimum atomic E-state index is -0.141. The molecule has 1 saturated heterocycles. The molecule has 0 atom stereocenters. The van der Waals surface area contributed by atoms with Crippen LogP contribution in [0.2, 0.25) is 0 Å². The van der Waals surface area contributed by atoms with Crippen molar-refractivity contribution < 1.29 is 19.1 Å². The average Bonchev–Trinajstić information content (AvgIpc) is 2.63. The quantitative estimate of drug-likeness (QED) is 0.759. The summed E-state index contributed by atoms with van der Waals surface area (Å²) in [5.74, 6) is 1.26. The van der Waals surface area contributed by atoms with E-state index in [9.17, 15) is 14.4 Å². The number of benzene rings is 1. The first kappa shape index (κ1) is 18.4. The summed E-state index contributed by atoms with van der Waals surface area (Å²) in [5.41, 5.74) is 1.17. The maximum atomic E-state index is 12.4. The molecule has 0 aliphatic carbocycles. The number of carbonyl (C=O) groups is 3. The van der Waals surface area contributed by atoms with Crippen LogP contribution in [0.15, 0.2) is 18.2 Å². The van der Waals surface area contributed by atoms with Crippen molar-refractivity contribution in [2.75, 3.05) is 31.1 Å². The summed E-state index contributed by atoms with van der Waals surface area (Å²) >= 11 is 0. The molecule has 3 rings (SSSR count). The molecule has 1 aromatic rings. The van der Waals surface area contributed by atoms with Crippen molar-refractivity contribution in [3.8, 4) is 5.75 Å². The number of ether oxygens (including phenoxy) is 1. The number of anilines is 1. The van der Waals surface area contributed by atoms with E-state index in [0.717, 1.165) is 25.9 Å². The summed E-state index contributed by atoms with van der Waals surface area (Å²) in [4.78, 5) is 39.8. The van der Waals surface area contributed by atoms with Gasteiger partial charge in [-0.15, -0.1) is 0 Å². The maximum Gasteiger partial charge on any atom is 0.265 e. The number of carbonyl (C=O) groups excluding carboxylic acids is 3. The van der Waals surface area contributed by atoms with E-state index >= 15 is 0 Å². The fourth-order valence-electron chi connectivity index (χ4n) is 3.47. The summed E-state index contributed by atoms with van der Waals surface area (Å²) < 4.78 is 5.46. The van der Waals surface area contributed by atoms with E-state index in [1.165, 1.54) is 6.92 Å². The molecule has 1 fully saturated rings. The van der Waals surface area contributed by atoms with Crippen molar-refractivity contribution in [2.24, 2.45) is 5.92 Å². The van der Waals surface area contributed by atoms with Gasteiger partial charge in [0.1, 0.15) is 5.75 Å². The molecule has 6 nitrogen and oxygen atoms in total. The van der Waals surface area contributed by atoms with Gasteiger partial charge in [0.15, 0.2) is 12.4 Å². The third kappa shape index (κ3) is 4.06. The highest BCUT2D eigenvalue weighted by atomic mass is 16.5. The fourth-order valence-corrected chi connectivity index (χ4v) is 3.47. The first-order valence-electron chi connectivity index (χ1n) is 9.31. The molecule has 6 heteroatoms. The Labute approximate surface area is 154 Å². The Morgan fingerprint density at radius 1 is 1.23 bits per heavy atom. The van der Waals surface area contributed by atoms with E-state index < -0.39 is 0 Å². The zero-order valence-corrected chi connectivity index (χ0v) is 15.5. The van der Waals surface area contributed by atoms with E-state index in [0.29, 0.717) is 42.3 Å². The summed E-state index contributed by atoms with van der Waals surface area (Å²) in [6.07, 6.45) is 3.16. The summed E-state index contributed by atoms with van der Waals surface area (Å²) in [7, 11) is 0. The number of fused-ring (bicyclic) bond motifs is 1. The number of Topliss-reactive ketones (excluding diaryl/α,β-unsaturated/α-hetero) is 1. The maximum absolute atomic E-state index is 12.4. The summed E-state index contributed by atoms with van der Waals surface area (Å²) in [6, 6.07) is 5.13. The first-order chi connectivity index (χ1) is 12.5. The molecule has 0 spiro atoms. The molecule has 26 heavy (non-hydrogen) atoms. The van der Waals surface area contributed by atoms with Gasteiger partial charge in [-0.2, -0.15) is 0 Å². The average molecular weight is 358 g/mol. The molecule has 0 radical (unpaired) electrons. The third-order valence-electron chi connectivity index (χ3n) is 5.22. The van der Waals surface area contributed by atoms with Crippen LogP contribution in [-0.2, 0) is 9.59 Å². The van der Waals surface area contributed by atoms with E-state index in [1.54, 1.807) is 23.1 Å². The lowest BCUT2D eigenvalue weighted by Crippen LogP contribution is -2.41. The van der Waals surface area contributed by atoms with Crippen molar-refractivity contribution in [1.82, 2.24) is 4.90 Å². The van der Waals surface area contributed by atoms with Crippen LogP contribution in [0.3, 0.4) is 0 Å². The molecule has 1 aromatic carbocycles. The predicted octanol–water partition coefficient (Wildman–Crippen LogP) is 2.65. The number of amides is 2. The fraction of sp³-hybridized carbons (Fsp3) is 0.550. The summed E-state index contributed by atoms with van der Waals surface area (Å²) in [6.45, 7) is 5.83. The van der Waals surface area contributed by atoms with Crippen molar-refractivity contribution in [2.45, 2.75) is 39.5 Å². The molecule has 2 amide bonds. The van der Waals surface area contributed by atoms with Gasteiger partial charge in [0, 0.05) is 31.6 Å². The SMILES string of the molecule is CC(=O)c1ccc2c(c1)N(CCCC(=O)N1CCC(C)CC1)C(=O)CO2. The Balaban J connectivity index is 1.61. The second-order valence-corrected chi connectivity index (χ2v) is 7.24. The first-order valence-corrected chi connectivity index (χ1v) is 9.31. The lowest BCUT2D eigenvalue weighted by Gasteiger charge is -2.31. The van der Waals surface area contributed by atoms with Crippen LogP contribution < -0.4 is 9.64 Å². The number of hydrogen-bond donors (Lipinski definition) is 0. The topological polar surface area (TPSA) is 66.9 Å². The van der Waals surface area contributed by atoms with E-state index in [2.05, 4.69) is 6.92 Å². The van der Waals surface area contributed by atoms with E-state index in [4.69, 9.17) is 4.74 Å². The number of hydrogen-bond acceptors (Lipinski definition) is 4. The molecule has 0 bridgehead atoms. The predicted molar refractivity (Wildman–Crippen MR) is 98.5 cm³/mol. The van der Waals surface area contributed by atoms with Crippen molar-refractivity contribution >= 4 is 23.3 Å². The van der Waals surface area contributed by atoms with Crippen molar-refractivity contribution in [3.63, 3.8) is 0 Å². The lowest BCUT2D eigenvalue weighted by atomic mass is 9.99. The highest BCUT2D eigenvalue weighted by Gasteiger charge is 2.26. The normalized spacial score (nSPS) is 17.7. The molecular formula is C20H26N2O4. The minimum absolute atomic E-state index is 0.00955. The Morgan fingerprint density at radius 3 is 2.65 bits per heavy atom. The molecule has 0 aromatic heterocycles. The number of rotatable bonds is 5. The van der Waals surface area contributed by atoms with Gasteiger partial charge in [0.25, 0.3) is 5.91 Å². The van der Waals surface area contributed by atoms with Gasteiger partial charge in [-0.1, -0.05) is 6.92 Å². The van der Waals surface area contributed by atoms with Crippen LogP contribution >= 0.6 is 0 Å². The monoisotopic (exact) mass is 358 g/mol. The van der Waals surface area contributed by atoms with Crippen LogP contribution in [0.1, 0.15) is 49.9 Å². The molecule has 2 aliphatic rings. The minimum Gasteiger partial charge on any atom is -0.482 e. The summed E-state index contributed by atoms with van der Waals surface area (Å²) in [5, 5.41) is 0. The Morgan fingerprint density at radius 2 is 1.96 bits per heavy atom. The second kappa shape index (κ2) is 7.89. The largest absolute Gasteiger partial charge is 0.482 e. The van der Waals surface area contributed by atoms with Crippen LogP contribution in [0.4, 0.5) is 5.69 Å². The van der Waals surface area contributed by atoms with Crippen LogP contribution in [-0.4, -0.2) is 48.7 Å². The zero-order chi connectivity index (χ0) is 18.7. The van der Waals surface area contributed by atoms with Crippen LogP contribution in [0.25, 0.3) is 0 Å². The Bertz CT molecular complexity index is 708. The molecular weight excluding hydrogens is 332 g/mol. The molecule has 0 N–H and O–H groups in total. The molecule has 0 unspecified atom stereocenters. The molecule has 2 heterocycles. The number of nitrogens with zero attached hydrogens (tertiary/aromatic N) is 2. The van der Waals surface area contributed by atoms with Gasteiger partial charge >= 0.3 is 0 Å². The molecule has 140 valence electrons. The number of likely N-dealkylation sites (tertiary alicyclic amines) is 1. The zero-order valence-electron chi connectivity index (χ0n) is 15.5. The standard InChI is InChI=1S/C20H26N2O4/c1-14-7-10-21(11-8-14)19(24)4-3-9-22-17-12-16(15(2)23)5-6-18(17)26-13-20(22)25/h5-6,12,14H,3-4,7-11,13H2,1-2H3. The van der Waals surface area contributed by atoms with Crippen molar-refractivity contribution in [3.05, 3.63) is 23.8 Å². The lowest BCUT2D eigenvalue weighted by molar-refractivity contribution is -0.132. The highest BCUT2D eigenvalue weighted by molar-refractivity contribution is 6.01. The number of ketones is 1. The van der Waals surface area contributed by atoms with Gasteiger partial charge in [-0.25, -0.2) is 0 Å². The van der Waals surface area contributed by atoms with E-state index in [-0.39, 0.29) is 24.2 Å². The second-order valence-electron chi connectivity index (χ2n) is 7.24. The molecule has 2 aliphatic heterocycles. The third-order valence-corrected chi connectivity index (χ3v) is 5.22. The number of piperidine rings is 1. The smallest absolute Gasteiger partial charge is 0.265 e. The molecule has 0 saturated carbocycles. The Kier molecular flexibility index (Phi) is 5.59. The van der Waals surface area contributed by atoms with Gasteiger partial charge in [-0.3, -0.25) is 14.4 Å². The highest BCUT2D eigenvalue weighted by Crippen LogP contribution is 2.33. The Hall–Kier alpha value is -2.37. The van der Waals surface area contributed by atoms with E-state index in [1.807, 2.05) is 4.90 Å². The van der Waals surface area contributed by atoms with Gasteiger partial charge in [0.2, 0.25) is 5.91 Å². The van der Waals surface area contributed by atoms with Gasteiger partial charge < -0.3 is 14.5 Å². The van der Waals surface area contributed by atoms with Crippen LogP contribution in [0.5, 0.6) is 5.75 Å². The van der Waals surface area contributed by atoms with Gasteiger partial charge in [0.05, 0.1) is 5.69 Å². The van der Waals surface area contributed by atoms with Gasteiger partial charge in [-0.05, 0) is 50.3 Å². The van der Waals surface area contributed by atoms with Crippen LogP contribution in [0, 0.1) is 5.92 Å².